The maximum Gasteiger partial charge on any atom is 0.243 e. The van der Waals surface area contributed by atoms with Crippen LogP contribution in [-0.4, -0.2) is 87.7 Å². The predicted molar refractivity (Wildman–Crippen MR) is 108 cm³/mol. The Labute approximate surface area is 163 Å². The molecule has 0 aromatic rings. The average molecular weight is 380 g/mol. The molecule has 1 heterocycles. The Bertz CT molecular complexity index is 517. The zero-order valence-corrected chi connectivity index (χ0v) is 17.2. The lowest BCUT2D eigenvalue weighted by Crippen LogP contribution is -2.52. The summed E-state index contributed by atoms with van der Waals surface area (Å²) >= 11 is 0. The van der Waals surface area contributed by atoms with Crippen molar-refractivity contribution >= 4 is 11.9 Å². The van der Waals surface area contributed by atoms with Gasteiger partial charge in [-0.15, -0.1) is 0 Å². The van der Waals surface area contributed by atoms with E-state index in [1.54, 1.807) is 26.1 Å². The lowest BCUT2D eigenvalue weighted by atomic mass is 9.95. The van der Waals surface area contributed by atoms with Crippen LogP contribution in [0.15, 0.2) is 4.99 Å². The molecule has 2 aliphatic carbocycles. The Morgan fingerprint density at radius 3 is 2.52 bits per heavy atom. The highest BCUT2D eigenvalue weighted by Gasteiger charge is 2.40. The van der Waals surface area contributed by atoms with Crippen LogP contribution in [0, 0.1) is 11.8 Å². The highest BCUT2D eigenvalue weighted by Crippen LogP contribution is 2.44. The topological polar surface area (TPSA) is 69.2 Å². The van der Waals surface area contributed by atoms with Crippen LogP contribution in [0.4, 0.5) is 0 Å². The first-order chi connectivity index (χ1) is 13.0. The number of carbonyl (C=O) groups excluding carboxylic acids is 1. The van der Waals surface area contributed by atoms with Crippen LogP contribution in [0.1, 0.15) is 38.5 Å². The first-order valence-corrected chi connectivity index (χ1v) is 10.5. The summed E-state index contributed by atoms with van der Waals surface area (Å²) in [6.07, 6.45) is 7.54. The zero-order valence-electron chi connectivity index (χ0n) is 17.2. The smallest absolute Gasteiger partial charge is 0.243 e. The summed E-state index contributed by atoms with van der Waals surface area (Å²) in [6, 6.07) is 0.939. The Morgan fingerprint density at radius 1 is 1.15 bits per heavy atom. The van der Waals surface area contributed by atoms with Crippen molar-refractivity contribution in [3.8, 4) is 0 Å². The molecule has 2 bridgehead atoms. The van der Waals surface area contributed by atoms with Crippen LogP contribution in [-0.2, 0) is 9.53 Å². The number of fused-ring (bicyclic) bond motifs is 2. The van der Waals surface area contributed by atoms with Crippen molar-refractivity contribution in [1.82, 2.24) is 20.4 Å². The van der Waals surface area contributed by atoms with Gasteiger partial charge in [-0.05, 0) is 43.9 Å². The van der Waals surface area contributed by atoms with Crippen molar-refractivity contribution in [2.45, 2.75) is 50.6 Å². The molecule has 2 N–H and O–H groups in total. The third-order valence-electron chi connectivity index (χ3n) is 6.47. The van der Waals surface area contributed by atoms with E-state index < -0.39 is 0 Å². The Morgan fingerprint density at radius 2 is 1.93 bits per heavy atom. The molecule has 0 radical (unpaired) electrons. The monoisotopic (exact) mass is 379 g/mol. The van der Waals surface area contributed by atoms with Gasteiger partial charge in [0.25, 0.3) is 0 Å². The van der Waals surface area contributed by atoms with E-state index in [0.717, 1.165) is 56.9 Å². The second-order valence-electron chi connectivity index (χ2n) is 8.63. The molecule has 3 atom stereocenters. The van der Waals surface area contributed by atoms with Gasteiger partial charge < -0.3 is 25.2 Å². The number of likely N-dealkylation sites (tertiary alicyclic amines) is 1. The third kappa shape index (κ3) is 5.82. The molecule has 0 spiro atoms. The van der Waals surface area contributed by atoms with Crippen LogP contribution < -0.4 is 10.6 Å². The summed E-state index contributed by atoms with van der Waals surface area (Å²) in [5.74, 6) is 2.54. The normalized spacial score (nSPS) is 29.1. The van der Waals surface area contributed by atoms with E-state index in [0.29, 0.717) is 12.1 Å². The van der Waals surface area contributed by atoms with E-state index >= 15 is 0 Å². The number of guanidine groups is 1. The van der Waals surface area contributed by atoms with Crippen LogP contribution in [0.3, 0.4) is 0 Å². The number of aliphatic imine (C=N–C) groups is 1. The second kappa shape index (κ2) is 9.73. The molecule has 3 unspecified atom stereocenters. The molecule has 0 aromatic heterocycles. The Hall–Kier alpha value is -1.34. The molecule has 1 aliphatic heterocycles. The van der Waals surface area contributed by atoms with Gasteiger partial charge in [0.05, 0.1) is 6.61 Å². The van der Waals surface area contributed by atoms with Gasteiger partial charge >= 0.3 is 0 Å². The summed E-state index contributed by atoms with van der Waals surface area (Å²) < 4.78 is 5.19. The summed E-state index contributed by atoms with van der Waals surface area (Å²) in [6.45, 7) is 4.17. The zero-order chi connectivity index (χ0) is 19.2. The molecule has 7 nitrogen and oxygen atoms in total. The van der Waals surface area contributed by atoms with E-state index in [-0.39, 0.29) is 12.5 Å². The molecule has 7 heteroatoms. The maximum atomic E-state index is 12.0. The minimum Gasteiger partial charge on any atom is -0.383 e. The molecule has 2 saturated carbocycles. The standard InChI is InChI=1S/C20H37N5O2/c1-24(2)19(26)14-21-20(23-18-13-15-4-5-16(18)12-15)22-17-6-8-25(9-7-17)10-11-27-3/h15-18H,4-14H2,1-3H3,(H2,21,22,23). The predicted octanol–water partition coefficient (Wildman–Crippen LogP) is 0.909. The summed E-state index contributed by atoms with van der Waals surface area (Å²) in [5.41, 5.74) is 0. The van der Waals surface area contributed by atoms with Crippen LogP contribution in [0.5, 0.6) is 0 Å². The molecule has 27 heavy (non-hydrogen) atoms. The van der Waals surface area contributed by atoms with Crippen LogP contribution in [0.25, 0.3) is 0 Å². The fourth-order valence-corrected chi connectivity index (χ4v) is 4.73. The molecule has 3 aliphatic rings. The van der Waals surface area contributed by atoms with Gasteiger partial charge in [0.2, 0.25) is 5.91 Å². The van der Waals surface area contributed by atoms with Crippen molar-refractivity contribution in [2.75, 3.05) is 54.0 Å². The fraction of sp³-hybridized carbons (Fsp3) is 0.900. The number of carbonyl (C=O) groups is 1. The molecular weight excluding hydrogens is 342 g/mol. The van der Waals surface area contributed by atoms with E-state index in [1.165, 1.54) is 25.7 Å². The largest absolute Gasteiger partial charge is 0.383 e. The van der Waals surface area contributed by atoms with Crippen molar-refractivity contribution in [2.24, 2.45) is 16.8 Å². The van der Waals surface area contributed by atoms with E-state index in [2.05, 4.69) is 20.5 Å². The molecule has 3 fully saturated rings. The Kier molecular flexibility index (Phi) is 7.35. The van der Waals surface area contributed by atoms with E-state index in [1.807, 2.05) is 0 Å². The quantitative estimate of drug-likeness (QED) is 0.508. The number of methoxy groups -OCH3 is 1. The maximum absolute atomic E-state index is 12.0. The van der Waals surface area contributed by atoms with E-state index in [4.69, 9.17) is 4.74 Å². The Balaban J connectivity index is 1.53. The lowest BCUT2D eigenvalue weighted by Gasteiger charge is -2.34. The van der Waals surface area contributed by atoms with Gasteiger partial charge in [-0.2, -0.15) is 0 Å². The second-order valence-corrected chi connectivity index (χ2v) is 8.63. The van der Waals surface area contributed by atoms with Gasteiger partial charge in [-0.3, -0.25) is 4.79 Å². The fourth-order valence-electron chi connectivity index (χ4n) is 4.73. The van der Waals surface area contributed by atoms with Gasteiger partial charge in [0.1, 0.15) is 6.54 Å². The number of piperidine rings is 1. The molecular formula is C20H37N5O2. The van der Waals surface area contributed by atoms with E-state index in [9.17, 15) is 4.79 Å². The van der Waals surface area contributed by atoms with Gasteiger partial charge in [0.15, 0.2) is 5.96 Å². The number of rotatable bonds is 7. The van der Waals surface area contributed by atoms with Crippen molar-refractivity contribution in [1.29, 1.82) is 0 Å². The highest BCUT2D eigenvalue weighted by atomic mass is 16.5. The number of amides is 1. The van der Waals surface area contributed by atoms with Gasteiger partial charge in [0, 0.05) is 52.9 Å². The highest BCUT2D eigenvalue weighted by molar-refractivity contribution is 5.85. The van der Waals surface area contributed by atoms with Crippen molar-refractivity contribution < 1.29 is 9.53 Å². The first kappa shape index (κ1) is 20.4. The number of likely N-dealkylation sites (N-methyl/N-ethyl adjacent to an activating group) is 1. The first-order valence-electron chi connectivity index (χ1n) is 10.5. The van der Waals surface area contributed by atoms with Crippen LogP contribution >= 0.6 is 0 Å². The third-order valence-corrected chi connectivity index (χ3v) is 6.47. The molecule has 1 saturated heterocycles. The minimum atomic E-state index is 0.0402. The number of ether oxygens (including phenoxy) is 1. The number of nitrogens with one attached hydrogen (secondary N) is 2. The molecule has 3 rings (SSSR count). The lowest BCUT2D eigenvalue weighted by molar-refractivity contribution is -0.127. The van der Waals surface area contributed by atoms with Crippen molar-refractivity contribution in [3.05, 3.63) is 0 Å². The molecule has 154 valence electrons. The summed E-state index contributed by atoms with van der Waals surface area (Å²) in [4.78, 5) is 20.7. The number of nitrogens with zero attached hydrogens (tertiary/aromatic N) is 3. The minimum absolute atomic E-state index is 0.0402. The number of hydrogen-bond donors (Lipinski definition) is 2. The summed E-state index contributed by atoms with van der Waals surface area (Å²) in [5, 5.41) is 7.29. The number of hydrogen-bond acceptors (Lipinski definition) is 4. The van der Waals surface area contributed by atoms with Crippen molar-refractivity contribution in [3.63, 3.8) is 0 Å². The average Bonchev–Trinajstić information content (AvgIpc) is 3.28. The van der Waals surface area contributed by atoms with Gasteiger partial charge in [-0.25, -0.2) is 4.99 Å². The molecule has 1 amide bonds. The van der Waals surface area contributed by atoms with Crippen LogP contribution in [0.2, 0.25) is 0 Å². The van der Waals surface area contributed by atoms with Gasteiger partial charge in [-0.1, -0.05) is 6.42 Å². The molecule has 0 aromatic carbocycles. The SMILES string of the molecule is COCCN1CCC(NC(=NCC(=O)N(C)C)NC2CC3CCC2C3)CC1. The summed E-state index contributed by atoms with van der Waals surface area (Å²) in [7, 11) is 5.32.